The van der Waals surface area contributed by atoms with E-state index in [1.807, 2.05) is 48.5 Å². The molecule has 8 nitrogen and oxygen atoms in total. The lowest BCUT2D eigenvalue weighted by Crippen LogP contribution is -2.13. The zero-order valence-corrected chi connectivity index (χ0v) is 24.8. The number of benzene rings is 2. The van der Waals surface area contributed by atoms with Gasteiger partial charge in [0.1, 0.15) is 5.82 Å². The number of carboxylic acid groups (broad SMARTS) is 1. The number of aromatic nitrogens is 6. The number of carbonyl (C=O) groups is 1. The topological polar surface area (TPSA) is 110 Å². The molecular weight excluding hydrogens is 536 g/mol. The van der Waals surface area contributed by atoms with Crippen LogP contribution in [0, 0.1) is 11.8 Å². The van der Waals surface area contributed by atoms with Crippen molar-refractivity contribution in [3.63, 3.8) is 0 Å². The molecule has 2 aromatic heterocycles. The lowest BCUT2D eigenvalue weighted by Gasteiger charge is -2.13. The van der Waals surface area contributed by atoms with Crippen molar-refractivity contribution in [2.24, 2.45) is 11.8 Å². The van der Waals surface area contributed by atoms with Crippen molar-refractivity contribution in [1.82, 2.24) is 30.2 Å². The Hall–Kier alpha value is -3.78. The first-order chi connectivity index (χ1) is 19.8. The molecule has 216 valence electrons. The molecule has 0 aliphatic carbocycles. The maximum Gasteiger partial charge on any atom is 0.355 e. The summed E-state index contributed by atoms with van der Waals surface area (Å²) in [6.45, 7) is 7.10. The molecule has 0 radical (unpaired) electrons. The predicted octanol–water partition coefficient (Wildman–Crippen LogP) is 7.86. The van der Waals surface area contributed by atoms with E-state index in [1.54, 1.807) is 4.57 Å². The fraction of sp³-hybridized carbons (Fsp3) is 0.406. The third-order valence-corrected chi connectivity index (χ3v) is 7.54. The Morgan fingerprint density at radius 1 is 1.02 bits per heavy atom. The van der Waals surface area contributed by atoms with Gasteiger partial charge in [0.05, 0.1) is 0 Å². The van der Waals surface area contributed by atoms with Crippen molar-refractivity contribution in [2.45, 2.75) is 72.3 Å². The molecule has 4 aromatic rings. The average molecular weight is 575 g/mol. The van der Waals surface area contributed by atoms with Gasteiger partial charge >= 0.3 is 5.97 Å². The first-order valence-corrected chi connectivity index (χ1v) is 14.8. The molecule has 0 amide bonds. The summed E-state index contributed by atoms with van der Waals surface area (Å²) in [4.78, 5) is 16.5. The number of imidazole rings is 1. The number of allylic oxidation sites excluding steroid dienone is 2. The van der Waals surface area contributed by atoms with Gasteiger partial charge in [0.2, 0.25) is 0 Å². The Morgan fingerprint density at radius 2 is 1.76 bits per heavy atom. The van der Waals surface area contributed by atoms with Crippen LogP contribution in [0.15, 0.2) is 60.7 Å². The van der Waals surface area contributed by atoms with E-state index in [0.717, 1.165) is 47.9 Å². The quantitative estimate of drug-likeness (QED) is 0.110. The summed E-state index contributed by atoms with van der Waals surface area (Å²) in [5, 5.41) is 24.2. The van der Waals surface area contributed by atoms with Crippen LogP contribution in [0.1, 0.15) is 81.2 Å². The van der Waals surface area contributed by atoms with Gasteiger partial charge in [0.25, 0.3) is 0 Å². The van der Waals surface area contributed by atoms with Gasteiger partial charge in [0, 0.05) is 18.5 Å². The molecule has 0 spiro atoms. The van der Waals surface area contributed by atoms with Gasteiger partial charge in [0.15, 0.2) is 16.7 Å². The molecule has 0 aliphatic heterocycles. The third kappa shape index (κ3) is 8.36. The van der Waals surface area contributed by atoms with E-state index >= 15 is 0 Å². The molecule has 1 atom stereocenters. The van der Waals surface area contributed by atoms with Crippen LogP contribution in [0.4, 0.5) is 0 Å². The van der Waals surface area contributed by atoms with Crippen molar-refractivity contribution in [3.05, 3.63) is 82.9 Å². The lowest BCUT2D eigenvalue weighted by atomic mass is 9.97. The van der Waals surface area contributed by atoms with E-state index in [4.69, 9.17) is 11.6 Å². The van der Waals surface area contributed by atoms with E-state index in [2.05, 4.69) is 58.5 Å². The van der Waals surface area contributed by atoms with Crippen molar-refractivity contribution in [1.29, 1.82) is 0 Å². The van der Waals surface area contributed by atoms with Crippen LogP contribution in [0.3, 0.4) is 0 Å². The Morgan fingerprint density at radius 3 is 2.44 bits per heavy atom. The monoisotopic (exact) mass is 574 g/mol. The fourth-order valence-corrected chi connectivity index (χ4v) is 5.37. The second-order valence-corrected chi connectivity index (χ2v) is 11.4. The van der Waals surface area contributed by atoms with E-state index in [1.165, 1.54) is 12.8 Å². The first-order valence-electron chi connectivity index (χ1n) is 14.4. The second-order valence-electron chi connectivity index (χ2n) is 11.0. The normalized spacial score (nSPS) is 12.4. The zero-order valence-electron chi connectivity index (χ0n) is 24.1. The van der Waals surface area contributed by atoms with Crippen LogP contribution in [0.25, 0.3) is 22.5 Å². The fourth-order valence-electron chi connectivity index (χ4n) is 5.09. The van der Waals surface area contributed by atoms with Gasteiger partial charge in [-0.3, -0.25) is 0 Å². The molecule has 0 fully saturated rings. The molecule has 0 saturated heterocycles. The smallest absolute Gasteiger partial charge is 0.355 e. The van der Waals surface area contributed by atoms with Gasteiger partial charge < -0.3 is 9.67 Å². The van der Waals surface area contributed by atoms with Gasteiger partial charge in [-0.25, -0.2) is 14.9 Å². The van der Waals surface area contributed by atoms with Gasteiger partial charge in [-0.2, -0.15) is 0 Å². The Kier molecular flexibility index (Phi) is 10.8. The van der Waals surface area contributed by atoms with Crippen molar-refractivity contribution in [2.75, 3.05) is 0 Å². The number of H-pyrrole nitrogens is 1. The number of tetrazole rings is 1. The van der Waals surface area contributed by atoms with E-state index < -0.39 is 5.97 Å². The first kappa shape index (κ1) is 30.2. The SMILES string of the molecule is CC(C)/C=C\CCCC(C)CCCCc1nc(Cl)c(C(=O)O)n1Cc1ccc(-c2ccccc2-c2nnn[nH]2)cc1. The average Bonchev–Trinajstić information content (AvgIpc) is 3.59. The van der Waals surface area contributed by atoms with Crippen LogP contribution >= 0.6 is 11.6 Å². The number of unbranched alkanes of at least 4 members (excludes halogenated alkanes) is 2. The van der Waals surface area contributed by atoms with Crippen LogP contribution in [-0.4, -0.2) is 41.3 Å². The summed E-state index contributed by atoms with van der Waals surface area (Å²) in [5.41, 5.74) is 3.91. The highest BCUT2D eigenvalue weighted by molar-refractivity contribution is 6.32. The number of aromatic amines is 1. The highest BCUT2D eigenvalue weighted by atomic mass is 35.5. The number of aryl methyl sites for hydroxylation is 1. The van der Waals surface area contributed by atoms with Crippen LogP contribution in [0.5, 0.6) is 0 Å². The molecule has 0 bridgehead atoms. The van der Waals surface area contributed by atoms with Gasteiger partial charge in [-0.15, -0.1) is 5.10 Å². The summed E-state index contributed by atoms with van der Waals surface area (Å²) in [5.74, 6) is 1.53. The molecular formula is C32H39ClN6O2. The minimum Gasteiger partial charge on any atom is -0.476 e. The van der Waals surface area contributed by atoms with Crippen molar-refractivity contribution < 1.29 is 9.90 Å². The van der Waals surface area contributed by atoms with E-state index in [-0.39, 0.29) is 10.8 Å². The number of carboxylic acids is 1. The molecule has 4 rings (SSSR count). The Balaban J connectivity index is 1.39. The molecule has 9 heteroatoms. The molecule has 2 N–H and O–H groups in total. The second kappa shape index (κ2) is 14.7. The molecule has 2 heterocycles. The lowest BCUT2D eigenvalue weighted by molar-refractivity contribution is 0.0685. The molecule has 1 unspecified atom stereocenters. The van der Waals surface area contributed by atoms with Crippen molar-refractivity contribution in [3.8, 4) is 22.5 Å². The largest absolute Gasteiger partial charge is 0.476 e. The molecule has 41 heavy (non-hydrogen) atoms. The number of hydrogen-bond donors (Lipinski definition) is 2. The number of halogens is 1. The van der Waals surface area contributed by atoms with Gasteiger partial charge in [-0.1, -0.05) is 112 Å². The summed E-state index contributed by atoms with van der Waals surface area (Å²) >= 11 is 6.31. The summed E-state index contributed by atoms with van der Waals surface area (Å²) in [7, 11) is 0. The van der Waals surface area contributed by atoms with Crippen molar-refractivity contribution >= 4 is 17.6 Å². The number of nitrogens with one attached hydrogen (secondary N) is 1. The zero-order chi connectivity index (χ0) is 29.2. The molecule has 0 saturated carbocycles. The highest BCUT2D eigenvalue weighted by Crippen LogP contribution is 2.30. The van der Waals surface area contributed by atoms with Crippen LogP contribution in [0.2, 0.25) is 5.15 Å². The Bertz CT molecular complexity index is 1430. The van der Waals surface area contributed by atoms with E-state index in [9.17, 15) is 9.90 Å². The van der Waals surface area contributed by atoms with Crippen LogP contribution < -0.4 is 0 Å². The summed E-state index contributed by atoms with van der Waals surface area (Å²) in [6.07, 6.45) is 12.0. The van der Waals surface area contributed by atoms with E-state index in [0.29, 0.717) is 36.5 Å². The summed E-state index contributed by atoms with van der Waals surface area (Å²) < 4.78 is 1.75. The standard InChI is InChI=1S/C32H39ClN6O2/c1-22(2)11-5-4-6-12-23(3)13-7-10-16-28-34-30(33)29(32(40)41)39(28)21-24-17-19-25(20-18-24)26-14-8-9-15-27(26)31-35-37-38-36-31/h5,8-9,11,14-15,17-20,22-23H,4,6-7,10,12-13,16,21H2,1-3H3,(H,40,41)(H,35,36,37,38)/b11-5-. The molecule has 0 aliphatic rings. The maximum absolute atomic E-state index is 12.1. The number of nitrogens with zero attached hydrogens (tertiary/aromatic N) is 5. The number of rotatable bonds is 15. The number of aromatic carboxylic acids is 1. The van der Waals surface area contributed by atoms with Crippen LogP contribution in [-0.2, 0) is 13.0 Å². The molecule has 2 aromatic carbocycles. The predicted molar refractivity (Wildman–Crippen MR) is 163 cm³/mol. The van der Waals surface area contributed by atoms with Gasteiger partial charge in [-0.05, 0) is 58.2 Å². The Labute approximate surface area is 246 Å². The minimum absolute atomic E-state index is 0.0386. The summed E-state index contributed by atoms with van der Waals surface area (Å²) in [6, 6.07) is 16.0. The number of hydrogen-bond acceptors (Lipinski definition) is 5. The maximum atomic E-state index is 12.1. The third-order valence-electron chi connectivity index (χ3n) is 7.28. The highest BCUT2D eigenvalue weighted by Gasteiger charge is 2.22. The minimum atomic E-state index is -1.07.